The predicted octanol–water partition coefficient (Wildman–Crippen LogP) is -0.0625. The van der Waals surface area contributed by atoms with E-state index in [-0.39, 0.29) is 11.9 Å². The fourth-order valence-corrected chi connectivity index (χ4v) is 0.710. The molecule has 1 aromatic heterocycles. The summed E-state index contributed by atoms with van der Waals surface area (Å²) in [5.41, 5.74) is 4.82. The van der Waals surface area contributed by atoms with E-state index < -0.39 is 5.54 Å². The molecule has 1 unspecified atom stereocenters. The Morgan fingerprint density at radius 3 is 2.86 bits per heavy atom. The molecule has 0 saturated carbocycles. The molecule has 0 spiro atoms. The monoisotopic (exact) mass is 195 g/mol. The highest BCUT2D eigenvalue weighted by Crippen LogP contribution is 2.07. The minimum absolute atomic E-state index is 0.169. The summed E-state index contributed by atoms with van der Waals surface area (Å²) >= 11 is 0. The Kier molecular flexibility index (Phi) is 3.08. The lowest BCUT2D eigenvalue weighted by Gasteiger charge is -2.20. The molecule has 76 valence electrons. The van der Waals surface area contributed by atoms with Crippen LogP contribution < -0.4 is 11.1 Å². The number of hydrogen-bond acceptors (Lipinski definition) is 5. The van der Waals surface area contributed by atoms with Crippen LogP contribution in [0.3, 0.4) is 0 Å². The maximum atomic E-state index is 11.5. The molecule has 1 aromatic rings. The summed E-state index contributed by atoms with van der Waals surface area (Å²) in [7, 11) is 0. The van der Waals surface area contributed by atoms with Crippen molar-refractivity contribution >= 4 is 11.9 Å². The maximum Gasteiger partial charge on any atom is 0.249 e. The number of carbonyl (C=O) groups excluding carboxylic acids is 1. The first-order valence-corrected chi connectivity index (χ1v) is 4.30. The van der Waals surface area contributed by atoms with Crippen molar-refractivity contribution in [3.63, 3.8) is 0 Å². The summed E-state index contributed by atoms with van der Waals surface area (Å²) in [4.78, 5) is 15.3. The normalized spacial score (nSPS) is 14.5. The van der Waals surface area contributed by atoms with Crippen molar-refractivity contribution in [2.24, 2.45) is 5.73 Å². The number of nitrogens with zero attached hydrogens (tertiary/aromatic N) is 3. The van der Waals surface area contributed by atoms with Crippen molar-refractivity contribution in [3.05, 3.63) is 12.4 Å². The lowest BCUT2D eigenvalue weighted by Crippen LogP contribution is -2.48. The molecule has 1 amide bonds. The highest BCUT2D eigenvalue weighted by Gasteiger charge is 2.26. The third-order valence-corrected chi connectivity index (χ3v) is 1.96. The number of aromatic nitrogens is 3. The summed E-state index contributed by atoms with van der Waals surface area (Å²) in [6.45, 7) is 3.49. The second kappa shape index (κ2) is 4.10. The molecule has 6 nitrogen and oxygen atoms in total. The van der Waals surface area contributed by atoms with Crippen LogP contribution in [0.1, 0.15) is 20.3 Å². The molecule has 3 N–H and O–H groups in total. The Morgan fingerprint density at radius 1 is 1.64 bits per heavy atom. The zero-order chi connectivity index (χ0) is 10.6. The van der Waals surface area contributed by atoms with Gasteiger partial charge in [-0.1, -0.05) is 6.92 Å². The van der Waals surface area contributed by atoms with Gasteiger partial charge in [-0.2, -0.15) is 5.10 Å². The van der Waals surface area contributed by atoms with Gasteiger partial charge in [0.15, 0.2) is 0 Å². The van der Waals surface area contributed by atoms with E-state index in [9.17, 15) is 4.79 Å². The maximum absolute atomic E-state index is 11.5. The van der Waals surface area contributed by atoms with Crippen LogP contribution in [0.15, 0.2) is 12.4 Å². The standard InChI is InChI=1S/C8H13N5O/c1-3-8(2,9)6(14)12-7-10-4-5-11-13-7/h4-5H,3,9H2,1-2H3,(H,10,12,13,14). The van der Waals surface area contributed by atoms with Crippen LogP contribution in [0.2, 0.25) is 0 Å². The number of carbonyl (C=O) groups is 1. The molecule has 0 aromatic carbocycles. The summed E-state index contributed by atoms with van der Waals surface area (Å²) < 4.78 is 0. The van der Waals surface area contributed by atoms with Crippen molar-refractivity contribution in [2.75, 3.05) is 5.32 Å². The van der Waals surface area contributed by atoms with Crippen LogP contribution in [0, 0.1) is 0 Å². The molecule has 0 aliphatic rings. The van der Waals surface area contributed by atoms with Crippen molar-refractivity contribution in [3.8, 4) is 0 Å². The van der Waals surface area contributed by atoms with Crippen molar-refractivity contribution in [2.45, 2.75) is 25.8 Å². The molecule has 0 saturated heterocycles. The summed E-state index contributed by atoms with van der Waals surface area (Å²) in [5, 5.41) is 9.68. The molecule has 0 bridgehead atoms. The first kappa shape index (κ1) is 10.5. The van der Waals surface area contributed by atoms with Gasteiger partial charge in [-0.3, -0.25) is 10.1 Å². The second-order valence-corrected chi connectivity index (χ2v) is 3.19. The SMILES string of the molecule is CCC(C)(N)C(=O)Nc1nccnn1. The third kappa shape index (κ3) is 2.46. The Bertz CT molecular complexity index is 311. The molecular formula is C8H13N5O. The molecule has 0 aliphatic heterocycles. The zero-order valence-electron chi connectivity index (χ0n) is 8.19. The molecule has 1 atom stereocenters. The van der Waals surface area contributed by atoms with E-state index in [1.807, 2.05) is 6.92 Å². The van der Waals surface area contributed by atoms with Gasteiger partial charge >= 0.3 is 0 Å². The van der Waals surface area contributed by atoms with Crippen LogP contribution in [-0.2, 0) is 4.79 Å². The van der Waals surface area contributed by atoms with Gasteiger partial charge in [0.2, 0.25) is 11.9 Å². The minimum Gasteiger partial charge on any atom is -0.318 e. The molecule has 6 heteroatoms. The van der Waals surface area contributed by atoms with Crippen molar-refractivity contribution < 1.29 is 4.79 Å². The summed E-state index contributed by atoms with van der Waals surface area (Å²) in [5.74, 6) is -0.143. The van der Waals surface area contributed by atoms with Gasteiger partial charge in [0, 0.05) is 0 Å². The number of rotatable bonds is 3. The van der Waals surface area contributed by atoms with Gasteiger partial charge in [0.1, 0.15) is 0 Å². The predicted molar refractivity (Wildman–Crippen MR) is 51.3 cm³/mol. The average Bonchev–Trinajstić information content (AvgIpc) is 2.19. The van der Waals surface area contributed by atoms with E-state index in [4.69, 9.17) is 5.73 Å². The smallest absolute Gasteiger partial charge is 0.249 e. The van der Waals surface area contributed by atoms with Crippen LogP contribution in [-0.4, -0.2) is 26.6 Å². The molecule has 0 aliphatic carbocycles. The molecule has 1 heterocycles. The molecule has 14 heavy (non-hydrogen) atoms. The van der Waals surface area contributed by atoms with Gasteiger partial charge in [-0.15, -0.1) is 5.10 Å². The van der Waals surface area contributed by atoms with Crippen LogP contribution in [0.5, 0.6) is 0 Å². The molecule has 0 radical (unpaired) electrons. The van der Waals surface area contributed by atoms with E-state index >= 15 is 0 Å². The van der Waals surface area contributed by atoms with Crippen molar-refractivity contribution in [1.82, 2.24) is 15.2 Å². The van der Waals surface area contributed by atoms with Gasteiger partial charge in [0.25, 0.3) is 0 Å². The number of nitrogens with two attached hydrogens (primary N) is 1. The zero-order valence-corrected chi connectivity index (χ0v) is 8.19. The minimum atomic E-state index is -0.904. The summed E-state index contributed by atoms with van der Waals surface area (Å²) in [6.07, 6.45) is 3.42. The third-order valence-electron chi connectivity index (χ3n) is 1.96. The van der Waals surface area contributed by atoms with Crippen LogP contribution >= 0.6 is 0 Å². The fraction of sp³-hybridized carbons (Fsp3) is 0.500. The average molecular weight is 195 g/mol. The van der Waals surface area contributed by atoms with Gasteiger partial charge in [-0.25, -0.2) is 4.98 Å². The molecule has 0 fully saturated rings. The fourth-order valence-electron chi connectivity index (χ4n) is 0.710. The molecular weight excluding hydrogens is 182 g/mol. The lowest BCUT2D eigenvalue weighted by molar-refractivity contribution is -0.120. The Balaban J connectivity index is 2.67. The van der Waals surface area contributed by atoms with Gasteiger partial charge in [-0.05, 0) is 13.3 Å². The number of anilines is 1. The highest BCUT2D eigenvalue weighted by molar-refractivity contribution is 5.96. The van der Waals surface area contributed by atoms with E-state index in [2.05, 4.69) is 20.5 Å². The van der Waals surface area contributed by atoms with Crippen LogP contribution in [0.25, 0.3) is 0 Å². The second-order valence-electron chi connectivity index (χ2n) is 3.19. The molecule has 1 rings (SSSR count). The Labute approximate surface area is 81.9 Å². The van der Waals surface area contributed by atoms with E-state index in [0.29, 0.717) is 6.42 Å². The van der Waals surface area contributed by atoms with Gasteiger partial charge in [0.05, 0.1) is 17.9 Å². The van der Waals surface area contributed by atoms with Gasteiger partial charge < -0.3 is 5.73 Å². The number of amides is 1. The largest absolute Gasteiger partial charge is 0.318 e. The highest BCUT2D eigenvalue weighted by atomic mass is 16.2. The van der Waals surface area contributed by atoms with E-state index in [1.165, 1.54) is 12.4 Å². The quantitative estimate of drug-likeness (QED) is 0.704. The number of hydrogen-bond donors (Lipinski definition) is 2. The first-order valence-electron chi connectivity index (χ1n) is 4.30. The topological polar surface area (TPSA) is 93.8 Å². The van der Waals surface area contributed by atoms with Crippen molar-refractivity contribution in [1.29, 1.82) is 0 Å². The first-order chi connectivity index (χ1) is 6.56. The lowest BCUT2D eigenvalue weighted by atomic mass is 10.00. The van der Waals surface area contributed by atoms with Crippen LogP contribution in [0.4, 0.5) is 5.95 Å². The number of nitrogens with one attached hydrogen (secondary N) is 1. The Hall–Kier alpha value is -1.56. The Morgan fingerprint density at radius 2 is 2.36 bits per heavy atom. The van der Waals surface area contributed by atoms with E-state index in [0.717, 1.165) is 0 Å². The van der Waals surface area contributed by atoms with E-state index in [1.54, 1.807) is 6.92 Å². The summed E-state index contributed by atoms with van der Waals surface area (Å²) in [6, 6.07) is 0.